The van der Waals surface area contributed by atoms with Gasteiger partial charge in [-0.1, -0.05) is 18.2 Å². The molecule has 0 aliphatic carbocycles. The number of aromatic hydroxyl groups is 2. The first-order chi connectivity index (χ1) is 8.56. The number of benzene rings is 2. The summed E-state index contributed by atoms with van der Waals surface area (Å²) in [7, 11) is 0. The summed E-state index contributed by atoms with van der Waals surface area (Å²) in [5.74, 6) is 0.553. The highest BCUT2D eigenvalue weighted by atomic mass is 16.3. The Bertz CT molecular complexity index is 535. The molecule has 3 heteroatoms. The van der Waals surface area contributed by atoms with Crippen molar-refractivity contribution >= 4 is 5.69 Å². The molecule has 1 unspecified atom stereocenters. The quantitative estimate of drug-likeness (QED) is 0.772. The molecular weight excluding hydrogens is 226 g/mol. The predicted octanol–water partition coefficient (Wildman–Crippen LogP) is 3.58. The fraction of sp³-hybridized carbons (Fsp3) is 0.200. The van der Waals surface area contributed by atoms with Crippen molar-refractivity contribution in [2.75, 3.05) is 5.32 Å². The van der Waals surface area contributed by atoms with Crippen LogP contribution >= 0.6 is 0 Å². The van der Waals surface area contributed by atoms with Crippen LogP contribution in [0.15, 0.2) is 42.5 Å². The smallest absolute Gasteiger partial charge is 0.120 e. The molecule has 1 atom stereocenters. The van der Waals surface area contributed by atoms with Crippen molar-refractivity contribution in [3.8, 4) is 11.5 Å². The van der Waals surface area contributed by atoms with Gasteiger partial charge in [-0.3, -0.25) is 0 Å². The number of anilines is 1. The maximum atomic E-state index is 9.65. The van der Waals surface area contributed by atoms with Crippen LogP contribution in [0.3, 0.4) is 0 Å². The molecule has 3 N–H and O–H groups in total. The third-order valence-electron chi connectivity index (χ3n) is 2.99. The second kappa shape index (κ2) is 5.00. The largest absolute Gasteiger partial charge is 0.508 e. The Balaban J connectivity index is 2.13. The monoisotopic (exact) mass is 243 g/mol. The van der Waals surface area contributed by atoms with Crippen molar-refractivity contribution in [3.63, 3.8) is 0 Å². The first-order valence-electron chi connectivity index (χ1n) is 5.91. The molecule has 0 radical (unpaired) electrons. The minimum atomic E-state index is 0.104. The molecule has 0 amide bonds. The zero-order valence-electron chi connectivity index (χ0n) is 10.5. The molecule has 2 aromatic carbocycles. The fourth-order valence-electron chi connectivity index (χ4n) is 1.80. The zero-order chi connectivity index (χ0) is 13.1. The van der Waals surface area contributed by atoms with Crippen LogP contribution in [-0.2, 0) is 0 Å². The molecular formula is C15H17NO2. The molecule has 0 spiro atoms. The Morgan fingerprint density at radius 3 is 2.28 bits per heavy atom. The summed E-state index contributed by atoms with van der Waals surface area (Å²) in [5, 5.41) is 22.2. The van der Waals surface area contributed by atoms with E-state index in [9.17, 15) is 10.2 Å². The second-order valence-electron chi connectivity index (χ2n) is 4.46. The van der Waals surface area contributed by atoms with Crippen molar-refractivity contribution < 1.29 is 10.2 Å². The predicted molar refractivity (Wildman–Crippen MR) is 73.0 cm³/mol. The Labute approximate surface area is 107 Å². The van der Waals surface area contributed by atoms with Gasteiger partial charge in [0.1, 0.15) is 11.5 Å². The lowest BCUT2D eigenvalue weighted by Gasteiger charge is -2.16. The number of phenolic OH excluding ortho intramolecular Hbond substituents is 2. The molecule has 0 aliphatic heterocycles. The van der Waals surface area contributed by atoms with Crippen LogP contribution in [0.5, 0.6) is 11.5 Å². The Hall–Kier alpha value is -2.16. The Morgan fingerprint density at radius 1 is 1.00 bits per heavy atom. The van der Waals surface area contributed by atoms with Crippen molar-refractivity contribution in [1.82, 2.24) is 0 Å². The SMILES string of the molecule is Cc1ccc(NC(C)c2ccc(O)cc2)cc1O. The van der Waals surface area contributed by atoms with E-state index in [-0.39, 0.29) is 17.5 Å². The van der Waals surface area contributed by atoms with E-state index in [0.717, 1.165) is 16.8 Å². The molecule has 2 aromatic rings. The molecule has 0 bridgehead atoms. The maximum absolute atomic E-state index is 9.65. The van der Waals surface area contributed by atoms with Gasteiger partial charge >= 0.3 is 0 Å². The first kappa shape index (κ1) is 12.3. The van der Waals surface area contributed by atoms with Gasteiger partial charge < -0.3 is 15.5 Å². The molecule has 0 fully saturated rings. The van der Waals surface area contributed by atoms with Gasteiger partial charge in [0.2, 0.25) is 0 Å². The topological polar surface area (TPSA) is 52.5 Å². The van der Waals surface area contributed by atoms with Gasteiger partial charge in [0.25, 0.3) is 0 Å². The normalized spacial score (nSPS) is 12.1. The Kier molecular flexibility index (Phi) is 3.42. The highest BCUT2D eigenvalue weighted by Gasteiger charge is 2.06. The third-order valence-corrected chi connectivity index (χ3v) is 2.99. The zero-order valence-corrected chi connectivity index (χ0v) is 10.5. The Morgan fingerprint density at radius 2 is 1.67 bits per heavy atom. The van der Waals surface area contributed by atoms with Gasteiger partial charge in [0.05, 0.1) is 0 Å². The number of nitrogens with one attached hydrogen (secondary N) is 1. The van der Waals surface area contributed by atoms with Gasteiger partial charge in [-0.2, -0.15) is 0 Å². The van der Waals surface area contributed by atoms with Gasteiger partial charge in [-0.05, 0) is 43.2 Å². The minimum Gasteiger partial charge on any atom is -0.508 e. The first-order valence-corrected chi connectivity index (χ1v) is 5.91. The van der Waals surface area contributed by atoms with Crippen LogP contribution in [-0.4, -0.2) is 10.2 Å². The lowest BCUT2D eigenvalue weighted by atomic mass is 10.1. The van der Waals surface area contributed by atoms with Crippen molar-refractivity contribution in [2.24, 2.45) is 0 Å². The summed E-state index contributed by atoms with van der Waals surface area (Å²) in [6, 6.07) is 12.7. The van der Waals surface area contributed by atoms with Crippen LogP contribution in [0, 0.1) is 6.92 Å². The summed E-state index contributed by atoms with van der Waals surface area (Å²) in [4.78, 5) is 0. The summed E-state index contributed by atoms with van der Waals surface area (Å²) in [5.41, 5.74) is 2.81. The third kappa shape index (κ3) is 2.74. The molecule has 0 aliphatic rings. The molecule has 0 heterocycles. The average molecular weight is 243 g/mol. The summed E-state index contributed by atoms with van der Waals surface area (Å²) in [6.45, 7) is 3.89. The van der Waals surface area contributed by atoms with E-state index in [0.29, 0.717) is 0 Å². The van der Waals surface area contributed by atoms with E-state index < -0.39 is 0 Å². The van der Waals surface area contributed by atoms with Gasteiger partial charge in [0.15, 0.2) is 0 Å². The molecule has 18 heavy (non-hydrogen) atoms. The minimum absolute atomic E-state index is 0.104. The van der Waals surface area contributed by atoms with E-state index in [4.69, 9.17) is 0 Å². The van der Waals surface area contributed by atoms with Crippen molar-refractivity contribution in [2.45, 2.75) is 19.9 Å². The lowest BCUT2D eigenvalue weighted by Crippen LogP contribution is -2.06. The van der Waals surface area contributed by atoms with E-state index in [1.165, 1.54) is 0 Å². The van der Waals surface area contributed by atoms with Gasteiger partial charge in [0, 0.05) is 17.8 Å². The van der Waals surface area contributed by atoms with Crippen LogP contribution in [0.4, 0.5) is 5.69 Å². The second-order valence-corrected chi connectivity index (χ2v) is 4.46. The maximum Gasteiger partial charge on any atom is 0.120 e. The van der Waals surface area contributed by atoms with Crippen LogP contribution in [0.2, 0.25) is 0 Å². The van der Waals surface area contributed by atoms with E-state index in [1.807, 2.05) is 38.1 Å². The summed E-state index contributed by atoms with van der Waals surface area (Å²) >= 11 is 0. The summed E-state index contributed by atoms with van der Waals surface area (Å²) < 4.78 is 0. The molecule has 2 rings (SSSR count). The fourth-order valence-corrected chi connectivity index (χ4v) is 1.80. The average Bonchev–Trinajstić information content (AvgIpc) is 2.34. The van der Waals surface area contributed by atoms with E-state index in [2.05, 4.69) is 5.32 Å². The van der Waals surface area contributed by atoms with Crippen LogP contribution in [0.25, 0.3) is 0 Å². The highest BCUT2D eigenvalue weighted by molar-refractivity contribution is 5.52. The van der Waals surface area contributed by atoms with E-state index >= 15 is 0 Å². The van der Waals surface area contributed by atoms with E-state index in [1.54, 1.807) is 18.2 Å². The number of aryl methyl sites for hydroxylation is 1. The number of rotatable bonds is 3. The lowest BCUT2D eigenvalue weighted by molar-refractivity contribution is 0.471. The molecule has 94 valence electrons. The molecule has 0 saturated heterocycles. The number of hydrogen-bond acceptors (Lipinski definition) is 3. The molecule has 0 aromatic heterocycles. The number of hydrogen-bond donors (Lipinski definition) is 3. The van der Waals surface area contributed by atoms with Crippen molar-refractivity contribution in [3.05, 3.63) is 53.6 Å². The van der Waals surface area contributed by atoms with Gasteiger partial charge in [-0.15, -0.1) is 0 Å². The van der Waals surface area contributed by atoms with Crippen molar-refractivity contribution in [1.29, 1.82) is 0 Å². The molecule has 3 nitrogen and oxygen atoms in total. The summed E-state index contributed by atoms with van der Waals surface area (Å²) in [6.07, 6.45) is 0. The standard InChI is InChI=1S/C15H17NO2/c1-10-3-6-13(9-15(10)18)16-11(2)12-4-7-14(17)8-5-12/h3-9,11,16-18H,1-2H3. The molecule has 0 saturated carbocycles. The van der Waals surface area contributed by atoms with Gasteiger partial charge in [-0.25, -0.2) is 0 Å². The number of phenols is 2. The van der Waals surface area contributed by atoms with Crippen LogP contribution in [0.1, 0.15) is 24.1 Å². The highest BCUT2D eigenvalue weighted by Crippen LogP contribution is 2.25. The van der Waals surface area contributed by atoms with Crippen LogP contribution < -0.4 is 5.32 Å².